The summed E-state index contributed by atoms with van der Waals surface area (Å²) in [5, 5.41) is 2.28. The Morgan fingerprint density at radius 1 is 0.846 bits per heavy atom. The van der Waals surface area contributed by atoms with Gasteiger partial charge in [0, 0.05) is 0 Å². The van der Waals surface area contributed by atoms with Gasteiger partial charge < -0.3 is 0 Å². The molecule has 0 aliphatic heterocycles. The van der Waals surface area contributed by atoms with E-state index < -0.39 is 0 Å². The second-order valence-electron chi connectivity index (χ2n) is 3.33. The summed E-state index contributed by atoms with van der Waals surface area (Å²) in [6.45, 7) is 2.06. The van der Waals surface area contributed by atoms with Gasteiger partial charge in [0.1, 0.15) is 15.7 Å². The molecule has 0 atom stereocenters. The third-order valence-corrected chi connectivity index (χ3v) is 2.20. The van der Waals surface area contributed by atoms with Crippen LogP contribution in [0.4, 0.5) is 0 Å². The number of hydrogen-bond acceptors (Lipinski definition) is 0. The predicted octanol–water partition coefficient (Wildman–Crippen LogP) is 0.736. The van der Waals surface area contributed by atoms with Crippen LogP contribution in [-0.4, -0.2) is 15.7 Å². The topological polar surface area (TPSA) is 0 Å². The van der Waals surface area contributed by atoms with Crippen LogP contribution in [0.2, 0.25) is 0 Å². The number of hydrogen-bond donors (Lipinski definition) is 0. The fourth-order valence-electron chi connectivity index (χ4n) is 1.45. The molecule has 0 nitrogen and oxygen atoms in total. The van der Waals surface area contributed by atoms with Crippen LogP contribution in [0.25, 0.3) is 10.8 Å². The minimum Gasteiger partial charge on any atom is -0.103 e. The molecule has 2 aromatic carbocycles. The van der Waals surface area contributed by atoms with Gasteiger partial charge >= 0.3 is 0 Å². The van der Waals surface area contributed by atoms with E-state index in [0.29, 0.717) is 10.9 Å². The first-order chi connectivity index (χ1) is 6.16. The van der Waals surface area contributed by atoms with Gasteiger partial charge in [0.15, 0.2) is 0 Å². The summed E-state index contributed by atoms with van der Waals surface area (Å²) in [6, 6.07) is 10.0. The molecule has 0 amide bonds. The van der Waals surface area contributed by atoms with Gasteiger partial charge in [-0.25, -0.2) is 0 Å². The molecule has 4 radical (unpaired) electrons. The van der Waals surface area contributed by atoms with E-state index in [2.05, 4.69) is 25.1 Å². The Labute approximate surface area is 80.8 Å². The number of aryl methyl sites for hydroxylation is 1. The first-order valence-corrected chi connectivity index (χ1v) is 4.22. The van der Waals surface area contributed by atoms with Crippen LogP contribution in [0.3, 0.4) is 0 Å². The van der Waals surface area contributed by atoms with E-state index in [-0.39, 0.29) is 0 Å². The lowest BCUT2D eigenvalue weighted by Gasteiger charge is -2.05. The molecule has 0 unspecified atom stereocenters. The minimum atomic E-state index is 0.649. The second-order valence-corrected chi connectivity index (χ2v) is 3.33. The minimum absolute atomic E-state index is 0.649. The Kier molecular flexibility index (Phi) is 1.91. The maximum Gasteiger partial charge on any atom is 0.113 e. The maximum atomic E-state index is 5.71. The molecule has 0 heterocycles. The van der Waals surface area contributed by atoms with Crippen molar-refractivity contribution in [1.82, 2.24) is 0 Å². The molecule has 0 aliphatic rings. The summed E-state index contributed by atoms with van der Waals surface area (Å²) in [4.78, 5) is 0. The summed E-state index contributed by atoms with van der Waals surface area (Å²) in [6.07, 6.45) is 0. The Hall–Kier alpha value is -1.17. The zero-order valence-electron chi connectivity index (χ0n) is 7.54. The van der Waals surface area contributed by atoms with Crippen molar-refractivity contribution in [2.75, 3.05) is 0 Å². The molecule has 0 saturated carbocycles. The summed E-state index contributed by atoms with van der Waals surface area (Å²) < 4.78 is 0. The lowest BCUT2D eigenvalue weighted by atomic mass is 9.79. The molecule has 0 aromatic heterocycles. The monoisotopic (exact) mass is 162 g/mol. The quantitative estimate of drug-likeness (QED) is 0.501. The van der Waals surface area contributed by atoms with Crippen molar-refractivity contribution in [3.05, 3.63) is 35.9 Å². The molecule has 0 fully saturated rings. The Balaban J connectivity index is 2.81. The van der Waals surface area contributed by atoms with Crippen LogP contribution in [0.15, 0.2) is 30.3 Å². The Morgan fingerprint density at radius 2 is 1.46 bits per heavy atom. The lowest BCUT2D eigenvalue weighted by Crippen LogP contribution is -2.24. The highest BCUT2D eigenvalue weighted by atomic mass is 14.0. The molecule has 0 saturated heterocycles. The van der Waals surface area contributed by atoms with Crippen LogP contribution >= 0.6 is 0 Å². The fraction of sp³-hybridized carbons (Fsp3) is 0.0909. The van der Waals surface area contributed by atoms with Gasteiger partial charge in [-0.3, -0.25) is 0 Å². The average molecular weight is 162 g/mol. The molecule has 2 heteroatoms. The van der Waals surface area contributed by atoms with Gasteiger partial charge in [-0.2, -0.15) is 0 Å². The second kappa shape index (κ2) is 2.95. The summed E-state index contributed by atoms with van der Waals surface area (Å²) >= 11 is 0. The molecule has 2 aromatic rings. The number of rotatable bonds is 0. The van der Waals surface area contributed by atoms with Gasteiger partial charge in [0.25, 0.3) is 0 Å². The van der Waals surface area contributed by atoms with Crippen molar-refractivity contribution in [2.45, 2.75) is 6.92 Å². The molecule has 0 N–H and O–H groups in total. The van der Waals surface area contributed by atoms with Crippen molar-refractivity contribution in [1.29, 1.82) is 0 Å². The summed E-state index contributed by atoms with van der Waals surface area (Å²) in [5.74, 6) is 0. The van der Waals surface area contributed by atoms with Crippen LogP contribution in [0.5, 0.6) is 0 Å². The van der Waals surface area contributed by atoms with Crippen LogP contribution < -0.4 is 10.9 Å². The van der Waals surface area contributed by atoms with Crippen LogP contribution in [0.1, 0.15) is 5.56 Å². The van der Waals surface area contributed by atoms with Gasteiger partial charge in [-0.1, -0.05) is 35.9 Å². The predicted molar refractivity (Wildman–Crippen MR) is 59.5 cm³/mol. The first kappa shape index (κ1) is 8.43. The van der Waals surface area contributed by atoms with Crippen molar-refractivity contribution in [3.63, 3.8) is 0 Å². The lowest BCUT2D eigenvalue weighted by molar-refractivity contribution is 1.51. The van der Waals surface area contributed by atoms with E-state index in [1.165, 1.54) is 5.56 Å². The van der Waals surface area contributed by atoms with Crippen molar-refractivity contribution in [3.8, 4) is 0 Å². The molecular formula is C11H8B2. The smallest absolute Gasteiger partial charge is 0.103 e. The Bertz CT molecular complexity index is 461. The SMILES string of the molecule is [B]c1cc2ccc(C)cc2cc1[B]. The molecule has 0 spiro atoms. The van der Waals surface area contributed by atoms with Crippen LogP contribution in [-0.2, 0) is 0 Å². The van der Waals surface area contributed by atoms with Crippen molar-refractivity contribution in [2.24, 2.45) is 0 Å². The largest absolute Gasteiger partial charge is 0.113 e. The van der Waals surface area contributed by atoms with Crippen LogP contribution in [0, 0.1) is 6.92 Å². The van der Waals surface area contributed by atoms with Gasteiger partial charge in [-0.05, 0) is 17.7 Å². The van der Waals surface area contributed by atoms with Gasteiger partial charge in [0.2, 0.25) is 0 Å². The van der Waals surface area contributed by atoms with E-state index in [9.17, 15) is 0 Å². The standard InChI is InChI=1S/C11H8B2/c1-7-2-3-8-5-10(12)11(13)6-9(8)4-7/h2-6H,1H3. The molecule has 13 heavy (non-hydrogen) atoms. The zero-order valence-corrected chi connectivity index (χ0v) is 7.54. The fourth-order valence-corrected chi connectivity index (χ4v) is 1.45. The summed E-state index contributed by atoms with van der Waals surface area (Å²) in [5.41, 5.74) is 2.53. The highest BCUT2D eigenvalue weighted by Gasteiger charge is 1.96. The maximum absolute atomic E-state index is 5.71. The van der Waals surface area contributed by atoms with Gasteiger partial charge in [0.05, 0.1) is 0 Å². The van der Waals surface area contributed by atoms with E-state index >= 15 is 0 Å². The first-order valence-electron chi connectivity index (χ1n) is 4.22. The molecule has 2 rings (SSSR count). The normalized spacial score (nSPS) is 10.5. The van der Waals surface area contributed by atoms with E-state index in [1.807, 2.05) is 12.1 Å². The van der Waals surface area contributed by atoms with E-state index in [0.717, 1.165) is 10.8 Å². The number of benzene rings is 2. The Morgan fingerprint density at radius 3 is 2.15 bits per heavy atom. The van der Waals surface area contributed by atoms with Crippen molar-refractivity contribution >= 4 is 37.4 Å². The van der Waals surface area contributed by atoms with E-state index in [4.69, 9.17) is 15.7 Å². The third-order valence-electron chi connectivity index (χ3n) is 2.20. The third kappa shape index (κ3) is 1.49. The highest BCUT2D eigenvalue weighted by molar-refractivity contribution is 6.49. The average Bonchev–Trinajstić information content (AvgIpc) is 2.08. The summed E-state index contributed by atoms with van der Waals surface area (Å²) in [7, 11) is 11.4. The van der Waals surface area contributed by atoms with Crippen molar-refractivity contribution < 1.29 is 0 Å². The molecule has 0 aliphatic carbocycles. The van der Waals surface area contributed by atoms with E-state index in [1.54, 1.807) is 0 Å². The molecule has 0 bridgehead atoms. The highest BCUT2D eigenvalue weighted by Crippen LogP contribution is 2.12. The van der Waals surface area contributed by atoms with Gasteiger partial charge in [-0.15, -0.1) is 10.9 Å². The molecular weight excluding hydrogens is 154 g/mol. The molecule has 58 valence electrons. The number of fused-ring (bicyclic) bond motifs is 1. The zero-order chi connectivity index (χ0) is 9.42.